The molecule has 0 saturated heterocycles. The monoisotopic (exact) mass is 231 g/mol. The van der Waals surface area contributed by atoms with Gasteiger partial charge in [0.1, 0.15) is 5.54 Å². The van der Waals surface area contributed by atoms with Crippen LogP contribution in [0.3, 0.4) is 0 Å². The van der Waals surface area contributed by atoms with E-state index in [1.807, 2.05) is 13.0 Å². The zero-order valence-corrected chi connectivity index (χ0v) is 10.8. The molecule has 92 valence electrons. The Kier molecular flexibility index (Phi) is 3.63. The maximum atomic E-state index is 12.4. The quantitative estimate of drug-likeness (QED) is 0.863. The van der Waals surface area contributed by atoms with Crippen molar-refractivity contribution in [2.75, 3.05) is 6.54 Å². The molecular weight excluding hydrogens is 210 g/mol. The fourth-order valence-electron chi connectivity index (χ4n) is 2.60. The second-order valence-electron chi connectivity index (χ2n) is 4.99. The van der Waals surface area contributed by atoms with E-state index >= 15 is 0 Å². The highest BCUT2D eigenvalue weighted by Crippen LogP contribution is 2.30. The first-order valence-corrected chi connectivity index (χ1v) is 6.55. The third kappa shape index (κ3) is 2.27. The lowest BCUT2D eigenvalue weighted by Crippen LogP contribution is -2.50. The molecule has 17 heavy (non-hydrogen) atoms. The van der Waals surface area contributed by atoms with Gasteiger partial charge in [0.2, 0.25) is 0 Å². The standard InChI is InChI=1S/C15H21NO/c1-3-4-9-14(17)15(2)13-8-6-5-7-12(13)10-11-16-15/h5-8,16H,3-4,9-11H2,1-2H3. The van der Waals surface area contributed by atoms with E-state index in [-0.39, 0.29) is 0 Å². The van der Waals surface area contributed by atoms with Crippen LogP contribution in [0.5, 0.6) is 0 Å². The Bertz CT molecular complexity index is 413. The Morgan fingerprint density at radius 2 is 2.18 bits per heavy atom. The Labute approximate surface area is 103 Å². The smallest absolute Gasteiger partial charge is 0.157 e. The number of Topliss-reactive ketones (excluding diaryl/α,β-unsaturated/α-hetero) is 1. The van der Waals surface area contributed by atoms with Crippen molar-refractivity contribution in [2.24, 2.45) is 0 Å². The second kappa shape index (κ2) is 5.01. The predicted molar refractivity (Wildman–Crippen MR) is 70.0 cm³/mol. The number of carbonyl (C=O) groups excluding carboxylic acids is 1. The van der Waals surface area contributed by atoms with Crippen molar-refractivity contribution < 1.29 is 4.79 Å². The molecule has 2 nitrogen and oxygen atoms in total. The van der Waals surface area contributed by atoms with Crippen LogP contribution >= 0.6 is 0 Å². The number of carbonyl (C=O) groups is 1. The topological polar surface area (TPSA) is 29.1 Å². The third-order valence-corrected chi connectivity index (χ3v) is 3.74. The van der Waals surface area contributed by atoms with Crippen LogP contribution in [0, 0.1) is 0 Å². The first kappa shape index (κ1) is 12.3. The highest BCUT2D eigenvalue weighted by atomic mass is 16.1. The van der Waals surface area contributed by atoms with Crippen molar-refractivity contribution in [2.45, 2.75) is 45.1 Å². The van der Waals surface area contributed by atoms with Crippen LogP contribution < -0.4 is 5.32 Å². The van der Waals surface area contributed by atoms with Crippen LogP contribution in [0.4, 0.5) is 0 Å². The Hall–Kier alpha value is -1.15. The average molecular weight is 231 g/mol. The minimum absolute atomic E-state index is 0.325. The molecule has 1 aliphatic rings. The zero-order chi connectivity index (χ0) is 12.3. The Balaban J connectivity index is 2.29. The molecule has 1 atom stereocenters. The van der Waals surface area contributed by atoms with Gasteiger partial charge in [-0.15, -0.1) is 0 Å². The van der Waals surface area contributed by atoms with Crippen molar-refractivity contribution in [1.82, 2.24) is 5.32 Å². The van der Waals surface area contributed by atoms with Gasteiger partial charge in [-0.1, -0.05) is 37.6 Å². The summed E-state index contributed by atoms with van der Waals surface area (Å²) in [6, 6.07) is 8.31. The summed E-state index contributed by atoms with van der Waals surface area (Å²) in [6.07, 6.45) is 3.75. The van der Waals surface area contributed by atoms with Crippen molar-refractivity contribution >= 4 is 5.78 Å². The summed E-state index contributed by atoms with van der Waals surface area (Å²) in [5.74, 6) is 0.325. The summed E-state index contributed by atoms with van der Waals surface area (Å²) in [4.78, 5) is 12.4. The maximum Gasteiger partial charge on any atom is 0.157 e. The van der Waals surface area contributed by atoms with Crippen LogP contribution in [0.15, 0.2) is 24.3 Å². The van der Waals surface area contributed by atoms with Crippen LogP contribution in [-0.4, -0.2) is 12.3 Å². The van der Waals surface area contributed by atoms with E-state index in [4.69, 9.17) is 0 Å². The molecule has 0 aromatic heterocycles. The van der Waals surface area contributed by atoms with Crippen LogP contribution in [-0.2, 0) is 16.8 Å². The Morgan fingerprint density at radius 3 is 2.94 bits per heavy atom. The number of fused-ring (bicyclic) bond motifs is 1. The average Bonchev–Trinajstić information content (AvgIpc) is 2.36. The molecule has 2 heteroatoms. The van der Waals surface area contributed by atoms with Gasteiger partial charge in [0, 0.05) is 13.0 Å². The van der Waals surface area contributed by atoms with Crippen molar-refractivity contribution in [3.05, 3.63) is 35.4 Å². The van der Waals surface area contributed by atoms with Gasteiger partial charge < -0.3 is 5.32 Å². The molecule has 1 heterocycles. The normalized spacial score (nSPS) is 23.2. The van der Waals surface area contributed by atoms with Gasteiger partial charge in [-0.25, -0.2) is 0 Å². The summed E-state index contributed by atoms with van der Waals surface area (Å²) >= 11 is 0. The van der Waals surface area contributed by atoms with E-state index in [9.17, 15) is 4.79 Å². The van der Waals surface area contributed by atoms with E-state index < -0.39 is 5.54 Å². The van der Waals surface area contributed by atoms with Gasteiger partial charge in [-0.2, -0.15) is 0 Å². The second-order valence-corrected chi connectivity index (χ2v) is 4.99. The predicted octanol–water partition coefficient (Wildman–Crippen LogP) is 2.81. The van der Waals surface area contributed by atoms with E-state index in [0.717, 1.165) is 25.8 Å². The largest absolute Gasteiger partial charge is 0.301 e. The van der Waals surface area contributed by atoms with E-state index in [1.165, 1.54) is 11.1 Å². The van der Waals surface area contributed by atoms with Gasteiger partial charge >= 0.3 is 0 Å². The van der Waals surface area contributed by atoms with Crippen LogP contribution in [0.25, 0.3) is 0 Å². The Morgan fingerprint density at radius 1 is 1.41 bits per heavy atom. The lowest BCUT2D eigenvalue weighted by Gasteiger charge is -2.36. The summed E-state index contributed by atoms with van der Waals surface area (Å²) in [5, 5.41) is 3.41. The minimum Gasteiger partial charge on any atom is -0.301 e. The minimum atomic E-state index is -0.468. The number of rotatable bonds is 4. The molecule has 2 rings (SSSR count). The number of ketones is 1. The van der Waals surface area contributed by atoms with E-state index in [0.29, 0.717) is 12.2 Å². The van der Waals surface area contributed by atoms with Crippen LogP contribution in [0.1, 0.15) is 44.2 Å². The number of unbranched alkanes of at least 4 members (excludes halogenated alkanes) is 1. The molecule has 1 unspecified atom stereocenters. The SMILES string of the molecule is CCCCC(=O)C1(C)NCCc2ccccc21. The highest BCUT2D eigenvalue weighted by molar-refractivity contribution is 5.90. The fourth-order valence-corrected chi connectivity index (χ4v) is 2.60. The third-order valence-electron chi connectivity index (χ3n) is 3.74. The van der Waals surface area contributed by atoms with Crippen molar-refractivity contribution in [3.63, 3.8) is 0 Å². The summed E-state index contributed by atoms with van der Waals surface area (Å²) in [6.45, 7) is 5.05. The first-order valence-electron chi connectivity index (χ1n) is 6.55. The number of hydrogen-bond acceptors (Lipinski definition) is 2. The first-order chi connectivity index (χ1) is 8.18. The molecule has 0 amide bonds. The highest BCUT2D eigenvalue weighted by Gasteiger charge is 2.37. The zero-order valence-electron chi connectivity index (χ0n) is 10.8. The molecule has 0 aliphatic carbocycles. The van der Waals surface area contributed by atoms with Gasteiger partial charge in [0.05, 0.1) is 0 Å². The maximum absolute atomic E-state index is 12.4. The fraction of sp³-hybridized carbons (Fsp3) is 0.533. The lowest BCUT2D eigenvalue weighted by molar-refractivity contribution is -0.125. The van der Waals surface area contributed by atoms with Crippen LogP contribution in [0.2, 0.25) is 0 Å². The molecule has 0 radical (unpaired) electrons. The van der Waals surface area contributed by atoms with Crippen molar-refractivity contribution in [3.8, 4) is 0 Å². The van der Waals surface area contributed by atoms with Gasteiger partial charge in [-0.3, -0.25) is 4.79 Å². The summed E-state index contributed by atoms with van der Waals surface area (Å²) in [5.41, 5.74) is 2.02. The van der Waals surface area contributed by atoms with Crippen molar-refractivity contribution in [1.29, 1.82) is 0 Å². The molecular formula is C15H21NO. The number of hydrogen-bond donors (Lipinski definition) is 1. The van der Waals surface area contributed by atoms with Gasteiger partial charge in [0.25, 0.3) is 0 Å². The molecule has 1 aliphatic heterocycles. The van der Waals surface area contributed by atoms with E-state index in [1.54, 1.807) is 0 Å². The molecule has 0 spiro atoms. The number of nitrogens with one attached hydrogen (secondary N) is 1. The summed E-state index contributed by atoms with van der Waals surface area (Å²) in [7, 11) is 0. The van der Waals surface area contributed by atoms with E-state index in [2.05, 4.69) is 30.4 Å². The molecule has 1 N–H and O–H groups in total. The molecule has 0 bridgehead atoms. The molecule has 1 aromatic rings. The lowest BCUT2D eigenvalue weighted by atomic mass is 9.79. The van der Waals surface area contributed by atoms with Gasteiger partial charge in [0.15, 0.2) is 5.78 Å². The van der Waals surface area contributed by atoms with Gasteiger partial charge in [-0.05, 0) is 30.9 Å². The molecule has 1 aromatic carbocycles. The summed E-state index contributed by atoms with van der Waals surface area (Å²) < 4.78 is 0. The molecule has 0 fully saturated rings. The molecule has 0 saturated carbocycles. The number of benzene rings is 1.